The van der Waals surface area contributed by atoms with Gasteiger partial charge in [-0.3, -0.25) is 9.80 Å². The van der Waals surface area contributed by atoms with Gasteiger partial charge in [0.15, 0.2) is 0 Å². The van der Waals surface area contributed by atoms with E-state index in [2.05, 4.69) is 20.9 Å². The van der Waals surface area contributed by atoms with Gasteiger partial charge in [-0.1, -0.05) is 30.5 Å². The van der Waals surface area contributed by atoms with Crippen LogP contribution in [0.3, 0.4) is 0 Å². The molecular weight excluding hydrogens is 258 g/mol. The van der Waals surface area contributed by atoms with Gasteiger partial charge in [0, 0.05) is 45.0 Å². The third kappa shape index (κ3) is 3.47. The summed E-state index contributed by atoms with van der Waals surface area (Å²) in [6, 6.07) is 4.84. The molecule has 1 saturated heterocycles. The summed E-state index contributed by atoms with van der Waals surface area (Å²) < 4.78 is 0. The van der Waals surface area contributed by atoms with E-state index in [4.69, 9.17) is 11.6 Å². The minimum Gasteiger partial charge on any atom is -0.298 e. The first-order valence-electron chi connectivity index (χ1n) is 7.38. The van der Waals surface area contributed by atoms with Crippen molar-refractivity contribution in [1.82, 2.24) is 14.8 Å². The van der Waals surface area contributed by atoms with Crippen LogP contribution in [0.25, 0.3) is 0 Å². The summed E-state index contributed by atoms with van der Waals surface area (Å²) in [4.78, 5) is 9.37. The molecule has 4 heteroatoms. The van der Waals surface area contributed by atoms with Crippen molar-refractivity contribution in [2.75, 3.05) is 26.2 Å². The molecule has 2 fully saturated rings. The van der Waals surface area contributed by atoms with E-state index in [9.17, 15) is 0 Å². The summed E-state index contributed by atoms with van der Waals surface area (Å²) in [6.07, 6.45) is 7.59. The highest BCUT2D eigenvalue weighted by molar-refractivity contribution is 6.29. The number of halogens is 1. The monoisotopic (exact) mass is 279 g/mol. The molecule has 0 atom stereocenters. The first-order valence-corrected chi connectivity index (χ1v) is 7.76. The summed E-state index contributed by atoms with van der Waals surface area (Å²) in [5.41, 5.74) is 1.26. The fourth-order valence-corrected chi connectivity index (χ4v) is 3.43. The van der Waals surface area contributed by atoms with Crippen LogP contribution < -0.4 is 0 Å². The van der Waals surface area contributed by atoms with E-state index in [1.807, 2.05) is 12.3 Å². The van der Waals surface area contributed by atoms with Crippen LogP contribution in [0, 0.1) is 0 Å². The lowest BCUT2D eigenvalue weighted by molar-refractivity contribution is 0.0936. The van der Waals surface area contributed by atoms with Crippen molar-refractivity contribution in [2.45, 2.75) is 38.3 Å². The molecule has 3 rings (SSSR count). The Bertz CT molecular complexity index is 392. The Balaban J connectivity index is 1.48. The fraction of sp³-hybridized carbons (Fsp3) is 0.667. The summed E-state index contributed by atoms with van der Waals surface area (Å²) in [5.74, 6) is 0. The molecule has 1 aliphatic carbocycles. The van der Waals surface area contributed by atoms with E-state index < -0.39 is 0 Å². The van der Waals surface area contributed by atoms with Crippen LogP contribution in [-0.2, 0) is 6.54 Å². The van der Waals surface area contributed by atoms with Crippen molar-refractivity contribution in [3.05, 3.63) is 29.0 Å². The molecule has 2 heterocycles. The maximum Gasteiger partial charge on any atom is 0.129 e. The summed E-state index contributed by atoms with van der Waals surface area (Å²) in [7, 11) is 0. The summed E-state index contributed by atoms with van der Waals surface area (Å²) >= 11 is 5.81. The highest BCUT2D eigenvalue weighted by Gasteiger charge is 2.25. The summed E-state index contributed by atoms with van der Waals surface area (Å²) in [6.45, 7) is 5.82. The first-order chi connectivity index (χ1) is 9.31. The Morgan fingerprint density at radius 2 is 1.84 bits per heavy atom. The fourth-order valence-electron chi connectivity index (χ4n) is 3.31. The second-order valence-corrected chi connectivity index (χ2v) is 6.13. The van der Waals surface area contributed by atoms with Crippen LogP contribution in [0.15, 0.2) is 18.3 Å². The zero-order chi connectivity index (χ0) is 13.1. The maximum atomic E-state index is 5.81. The van der Waals surface area contributed by atoms with Crippen molar-refractivity contribution in [1.29, 1.82) is 0 Å². The molecule has 0 amide bonds. The van der Waals surface area contributed by atoms with Gasteiger partial charge in [-0.2, -0.15) is 0 Å². The van der Waals surface area contributed by atoms with Crippen molar-refractivity contribution >= 4 is 11.6 Å². The van der Waals surface area contributed by atoms with Crippen LogP contribution in [0.5, 0.6) is 0 Å². The number of nitrogens with zero attached hydrogens (tertiary/aromatic N) is 3. The molecule has 0 bridgehead atoms. The second kappa shape index (κ2) is 6.21. The Labute approximate surface area is 120 Å². The van der Waals surface area contributed by atoms with Gasteiger partial charge in [0.25, 0.3) is 0 Å². The molecule has 3 nitrogen and oxygen atoms in total. The first kappa shape index (κ1) is 13.3. The van der Waals surface area contributed by atoms with E-state index in [-0.39, 0.29) is 0 Å². The topological polar surface area (TPSA) is 19.4 Å². The van der Waals surface area contributed by atoms with Gasteiger partial charge >= 0.3 is 0 Å². The van der Waals surface area contributed by atoms with Gasteiger partial charge in [-0.15, -0.1) is 0 Å². The van der Waals surface area contributed by atoms with Gasteiger partial charge in [-0.05, 0) is 24.5 Å². The van der Waals surface area contributed by atoms with Gasteiger partial charge < -0.3 is 0 Å². The third-order valence-corrected chi connectivity index (χ3v) is 4.67. The molecule has 1 aliphatic heterocycles. The Hall–Kier alpha value is -0.640. The highest BCUT2D eigenvalue weighted by atomic mass is 35.5. The Kier molecular flexibility index (Phi) is 4.36. The van der Waals surface area contributed by atoms with Gasteiger partial charge in [-0.25, -0.2) is 4.98 Å². The van der Waals surface area contributed by atoms with Crippen LogP contribution in [-0.4, -0.2) is 47.0 Å². The molecule has 0 spiro atoms. The molecular formula is C15H22ClN3. The SMILES string of the molecule is Clc1ccc(CN2CCN(C3CCCC3)CC2)cn1. The lowest BCUT2D eigenvalue weighted by atomic mass is 10.1. The predicted molar refractivity (Wildman–Crippen MR) is 78.4 cm³/mol. The number of piperazine rings is 1. The molecule has 104 valence electrons. The second-order valence-electron chi connectivity index (χ2n) is 5.74. The average Bonchev–Trinajstić information content (AvgIpc) is 2.96. The van der Waals surface area contributed by atoms with Crippen molar-refractivity contribution in [3.63, 3.8) is 0 Å². The Morgan fingerprint density at radius 3 is 2.47 bits per heavy atom. The lowest BCUT2D eigenvalue weighted by Crippen LogP contribution is -2.49. The van der Waals surface area contributed by atoms with E-state index in [0.29, 0.717) is 5.15 Å². The predicted octanol–water partition coefficient (Wildman–Crippen LogP) is 2.80. The molecule has 0 N–H and O–H groups in total. The smallest absolute Gasteiger partial charge is 0.129 e. The molecule has 1 aromatic rings. The normalized spacial score (nSPS) is 23.0. The molecule has 1 aromatic heterocycles. The minimum absolute atomic E-state index is 0.579. The van der Waals surface area contributed by atoms with Crippen molar-refractivity contribution < 1.29 is 0 Å². The van der Waals surface area contributed by atoms with Gasteiger partial charge in [0.1, 0.15) is 5.15 Å². The zero-order valence-electron chi connectivity index (χ0n) is 11.4. The number of rotatable bonds is 3. The number of hydrogen-bond donors (Lipinski definition) is 0. The van der Waals surface area contributed by atoms with E-state index in [1.54, 1.807) is 0 Å². The van der Waals surface area contributed by atoms with Crippen molar-refractivity contribution in [2.24, 2.45) is 0 Å². The van der Waals surface area contributed by atoms with Crippen LogP contribution in [0.4, 0.5) is 0 Å². The molecule has 1 saturated carbocycles. The van der Waals surface area contributed by atoms with Gasteiger partial charge in [0.05, 0.1) is 0 Å². The Morgan fingerprint density at radius 1 is 1.11 bits per heavy atom. The standard InChI is InChI=1S/C15H22ClN3/c16-15-6-5-13(11-17-15)12-18-7-9-19(10-8-18)14-3-1-2-4-14/h5-6,11,14H,1-4,7-10,12H2. The molecule has 2 aliphatic rings. The number of hydrogen-bond acceptors (Lipinski definition) is 3. The molecule has 0 unspecified atom stereocenters. The minimum atomic E-state index is 0.579. The number of aromatic nitrogens is 1. The van der Waals surface area contributed by atoms with Crippen LogP contribution in [0.1, 0.15) is 31.2 Å². The maximum absolute atomic E-state index is 5.81. The lowest BCUT2D eigenvalue weighted by Gasteiger charge is -2.38. The molecule has 0 radical (unpaired) electrons. The number of pyridine rings is 1. The third-order valence-electron chi connectivity index (χ3n) is 4.44. The summed E-state index contributed by atoms with van der Waals surface area (Å²) in [5, 5.41) is 0.579. The van der Waals surface area contributed by atoms with Crippen LogP contribution in [0.2, 0.25) is 5.15 Å². The van der Waals surface area contributed by atoms with E-state index >= 15 is 0 Å². The van der Waals surface area contributed by atoms with E-state index in [1.165, 1.54) is 57.4 Å². The molecule has 0 aromatic carbocycles. The zero-order valence-corrected chi connectivity index (χ0v) is 12.1. The van der Waals surface area contributed by atoms with E-state index in [0.717, 1.165) is 12.6 Å². The van der Waals surface area contributed by atoms with Gasteiger partial charge in [0.2, 0.25) is 0 Å². The highest BCUT2D eigenvalue weighted by Crippen LogP contribution is 2.24. The largest absolute Gasteiger partial charge is 0.298 e. The average molecular weight is 280 g/mol. The molecule has 19 heavy (non-hydrogen) atoms. The van der Waals surface area contributed by atoms with Crippen molar-refractivity contribution in [3.8, 4) is 0 Å². The quantitative estimate of drug-likeness (QED) is 0.793. The van der Waals surface area contributed by atoms with Crippen LogP contribution >= 0.6 is 11.6 Å².